The van der Waals surface area contributed by atoms with Crippen molar-refractivity contribution in [2.75, 3.05) is 11.9 Å². The third kappa shape index (κ3) is 3.94. The number of benzene rings is 1. The number of aromatic nitrogens is 4. The fourth-order valence-corrected chi connectivity index (χ4v) is 4.53. The predicted molar refractivity (Wildman–Crippen MR) is 117 cm³/mol. The van der Waals surface area contributed by atoms with Crippen molar-refractivity contribution in [2.24, 2.45) is 11.1 Å². The molecule has 0 saturated heterocycles. The molecule has 1 saturated carbocycles. The fraction of sp³-hybridized carbons (Fsp3) is 0.300. The number of hydrogen-bond acceptors (Lipinski definition) is 8. The summed E-state index contributed by atoms with van der Waals surface area (Å²) in [5.41, 5.74) is 3.32. The number of H-pyrrole nitrogens is 1. The van der Waals surface area contributed by atoms with Crippen LogP contribution in [0.4, 0.5) is 5.82 Å². The highest BCUT2D eigenvalue weighted by molar-refractivity contribution is 7.84. The molecule has 1 fully saturated rings. The number of aliphatic hydroxyl groups excluding tert-OH is 2. The molecule has 6 N–H and O–H groups in total. The van der Waals surface area contributed by atoms with Gasteiger partial charge in [0.05, 0.1) is 24.4 Å². The van der Waals surface area contributed by atoms with Gasteiger partial charge in [-0.3, -0.25) is 4.18 Å². The first kappa shape index (κ1) is 20.8. The van der Waals surface area contributed by atoms with Crippen LogP contribution in [0, 0.1) is 5.92 Å². The van der Waals surface area contributed by atoms with E-state index in [-0.39, 0.29) is 13.0 Å². The van der Waals surface area contributed by atoms with Gasteiger partial charge in [-0.15, -0.1) is 0 Å². The van der Waals surface area contributed by atoms with Gasteiger partial charge in [-0.1, -0.05) is 6.07 Å². The van der Waals surface area contributed by atoms with Crippen molar-refractivity contribution in [2.45, 2.75) is 24.7 Å². The summed E-state index contributed by atoms with van der Waals surface area (Å²) in [6.07, 6.45) is 1.49. The number of nitrogens with zero attached hydrogens (tertiary/aromatic N) is 3. The monoisotopic (exact) mass is 458 g/mol. The fourth-order valence-electron chi connectivity index (χ4n) is 4.16. The summed E-state index contributed by atoms with van der Waals surface area (Å²) in [7, 11) is -4.13. The highest BCUT2D eigenvalue weighted by atomic mass is 32.2. The van der Waals surface area contributed by atoms with Gasteiger partial charge in [0, 0.05) is 40.8 Å². The van der Waals surface area contributed by atoms with Crippen LogP contribution >= 0.6 is 0 Å². The third-order valence-corrected chi connectivity index (χ3v) is 6.25. The Balaban J connectivity index is 1.40. The Morgan fingerprint density at radius 3 is 2.88 bits per heavy atom. The predicted octanol–water partition coefficient (Wildman–Crippen LogP) is 0.620. The van der Waals surface area contributed by atoms with Crippen molar-refractivity contribution in [1.29, 1.82) is 0 Å². The maximum absolute atomic E-state index is 11.0. The maximum atomic E-state index is 11.0. The number of nitrogens with one attached hydrogen (secondary N) is 2. The zero-order valence-corrected chi connectivity index (χ0v) is 17.6. The molecule has 4 aromatic rings. The van der Waals surface area contributed by atoms with E-state index >= 15 is 0 Å². The van der Waals surface area contributed by atoms with E-state index in [9.17, 15) is 18.6 Å². The van der Waals surface area contributed by atoms with Crippen LogP contribution in [0.25, 0.3) is 27.8 Å². The molecule has 1 aromatic carbocycles. The van der Waals surface area contributed by atoms with E-state index in [1.165, 1.54) is 0 Å². The molecule has 1 aliphatic carbocycles. The highest BCUT2D eigenvalue weighted by Crippen LogP contribution is 2.30. The summed E-state index contributed by atoms with van der Waals surface area (Å²) in [5, 5.41) is 34.5. The average Bonchev–Trinajstić information content (AvgIpc) is 3.45. The largest absolute Gasteiger partial charge is 0.390 e. The molecule has 0 aliphatic heterocycles. The van der Waals surface area contributed by atoms with Crippen molar-refractivity contribution < 1.29 is 22.8 Å². The number of hydrogen-bond donors (Lipinski definition) is 5. The first-order chi connectivity index (χ1) is 15.3. The number of rotatable bonds is 6. The SMILES string of the molecule is NS(=O)(=O)OC[C@H]1C[C@@H](Nc2ccnc3cc(-c4ccc5[nH]ccc5c4)nn23)[C@H](O)[C@@H]1O. The van der Waals surface area contributed by atoms with Gasteiger partial charge in [-0.2, -0.15) is 18.0 Å². The van der Waals surface area contributed by atoms with Gasteiger partial charge in [0.2, 0.25) is 0 Å². The molecule has 168 valence electrons. The van der Waals surface area contributed by atoms with Crippen LogP contribution in [0.15, 0.2) is 48.8 Å². The second-order valence-electron chi connectivity index (χ2n) is 7.91. The second-order valence-corrected chi connectivity index (χ2v) is 9.14. The Labute approximate surface area is 183 Å². The summed E-state index contributed by atoms with van der Waals surface area (Å²) in [6, 6.07) is 11.0. The number of fused-ring (bicyclic) bond motifs is 2. The molecule has 0 spiro atoms. The molecule has 0 amide bonds. The Kier molecular flexibility index (Phi) is 5.10. The number of aromatic amines is 1. The van der Waals surface area contributed by atoms with E-state index in [0.29, 0.717) is 11.5 Å². The van der Waals surface area contributed by atoms with E-state index in [1.807, 2.05) is 36.5 Å². The second kappa shape index (κ2) is 7.83. The van der Waals surface area contributed by atoms with Crippen LogP contribution in [0.1, 0.15) is 6.42 Å². The Hall–Kier alpha value is -3.03. The zero-order valence-electron chi connectivity index (χ0n) is 16.8. The molecule has 3 heterocycles. The lowest BCUT2D eigenvalue weighted by Crippen LogP contribution is -2.36. The molecule has 0 unspecified atom stereocenters. The molecule has 32 heavy (non-hydrogen) atoms. The number of nitrogens with two attached hydrogens (primary N) is 1. The molecular formula is C20H22N6O5S. The first-order valence-electron chi connectivity index (χ1n) is 10.0. The molecule has 11 nitrogen and oxygen atoms in total. The van der Waals surface area contributed by atoms with E-state index in [4.69, 9.17) is 5.14 Å². The minimum absolute atomic E-state index is 0.278. The molecule has 5 rings (SSSR count). The summed E-state index contributed by atoms with van der Waals surface area (Å²) in [5.74, 6) is -0.0207. The van der Waals surface area contributed by atoms with Gasteiger partial charge >= 0.3 is 10.3 Å². The summed E-state index contributed by atoms with van der Waals surface area (Å²) >= 11 is 0. The van der Waals surface area contributed by atoms with Crippen LogP contribution in [0.2, 0.25) is 0 Å². The topological polar surface area (TPSA) is 168 Å². The van der Waals surface area contributed by atoms with Crippen molar-refractivity contribution in [3.63, 3.8) is 0 Å². The number of aliphatic hydroxyl groups is 2. The Morgan fingerprint density at radius 1 is 1.22 bits per heavy atom. The first-order valence-corrected chi connectivity index (χ1v) is 11.5. The lowest BCUT2D eigenvalue weighted by molar-refractivity contribution is 0.00777. The van der Waals surface area contributed by atoms with Gasteiger partial charge in [0.25, 0.3) is 0 Å². The van der Waals surface area contributed by atoms with Crippen LogP contribution in [0.5, 0.6) is 0 Å². The molecule has 3 aromatic heterocycles. The number of anilines is 1. The molecule has 1 aliphatic rings. The summed E-state index contributed by atoms with van der Waals surface area (Å²) < 4.78 is 28.3. The van der Waals surface area contributed by atoms with Gasteiger partial charge in [0.15, 0.2) is 5.65 Å². The van der Waals surface area contributed by atoms with Crippen molar-refractivity contribution in [3.05, 3.63) is 48.8 Å². The molecule has 0 radical (unpaired) electrons. The van der Waals surface area contributed by atoms with Crippen molar-refractivity contribution in [1.82, 2.24) is 19.6 Å². The smallest absolute Gasteiger partial charge is 0.333 e. The minimum Gasteiger partial charge on any atom is -0.390 e. The van der Waals surface area contributed by atoms with Gasteiger partial charge in [-0.25, -0.2) is 10.1 Å². The lowest BCUT2D eigenvalue weighted by atomic mass is 10.1. The normalized spacial score (nSPS) is 23.8. The quantitative estimate of drug-likeness (QED) is 0.280. The standard InChI is InChI=1S/C20H22N6O5S/c21-32(29,30)31-10-13-8-16(20(28)19(13)27)24-17-4-6-23-18-9-15(25-26(17)18)11-1-2-14-12(7-11)3-5-22-14/h1-7,9,13,16,19-20,22,24,27-28H,8,10H2,(H2,21,29,30)/t13-,16-,19-,20+/m1/s1. The van der Waals surface area contributed by atoms with Gasteiger partial charge < -0.3 is 20.5 Å². The maximum Gasteiger partial charge on any atom is 0.333 e. The Morgan fingerprint density at radius 2 is 2.06 bits per heavy atom. The zero-order chi connectivity index (χ0) is 22.5. The van der Waals surface area contributed by atoms with Gasteiger partial charge in [0.1, 0.15) is 11.9 Å². The summed E-state index contributed by atoms with van der Waals surface area (Å²) in [4.78, 5) is 7.52. The van der Waals surface area contributed by atoms with E-state index in [1.54, 1.807) is 16.8 Å². The van der Waals surface area contributed by atoms with Crippen molar-refractivity contribution in [3.8, 4) is 11.3 Å². The molecule has 0 bridgehead atoms. The molecule has 4 atom stereocenters. The summed E-state index contributed by atoms with van der Waals surface area (Å²) in [6.45, 7) is -0.311. The van der Waals surface area contributed by atoms with Crippen LogP contribution in [-0.2, 0) is 14.5 Å². The third-order valence-electron chi connectivity index (χ3n) is 5.79. The van der Waals surface area contributed by atoms with E-state index in [0.717, 1.165) is 22.2 Å². The Bertz CT molecular complexity index is 1380. The van der Waals surface area contributed by atoms with Crippen LogP contribution in [-0.4, -0.2) is 63.1 Å². The highest BCUT2D eigenvalue weighted by Gasteiger charge is 2.42. The van der Waals surface area contributed by atoms with Gasteiger partial charge in [-0.05, 0) is 30.7 Å². The van der Waals surface area contributed by atoms with E-state index in [2.05, 4.69) is 24.6 Å². The van der Waals surface area contributed by atoms with Crippen LogP contribution < -0.4 is 10.5 Å². The lowest BCUT2D eigenvalue weighted by Gasteiger charge is -2.19. The average molecular weight is 459 g/mol. The minimum atomic E-state index is -4.13. The van der Waals surface area contributed by atoms with Crippen molar-refractivity contribution >= 4 is 32.7 Å². The molecular weight excluding hydrogens is 436 g/mol. The van der Waals surface area contributed by atoms with Crippen LogP contribution in [0.3, 0.4) is 0 Å². The van der Waals surface area contributed by atoms with E-state index < -0.39 is 34.5 Å². The molecule has 12 heteroatoms.